The molecule has 0 bridgehead atoms. The van der Waals surface area contributed by atoms with Crippen molar-refractivity contribution in [1.82, 2.24) is 0 Å². The molecule has 7 rings (SSSR count). The van der Waals surface area contributed by atoms with Crippen molar-refractivity contribution in [2.24, 2.45) is 5.92 Å². The first-order valence-corrected chi connectivity index (χ1v) is 13.2. The molecule has 10 heteroatoms. The van der Waals surface area contributed by atoms with E-state index in [1.54, 1.807) is 13.0 Å². The van der Waals surface area contributed by atoms with E-state index in [-0.39, 0.29) is 46.9 Å². The van der Waals surface area contributed by atoms with Gasteiger partial charge in [-0.05, 0) is 61.1 Å². The molecule has 0 amide bonds. The van der Waals surface area contributed by atoms with Crippen LogP contribution in [0.1, 0.15) is 35.8 Å². The summed E-state index contributed by atoms with van der Waals surface area (Å²) in [5.74, 6) is 0.0129. The number of benzene rings is 2. The second-order valence-corrected chi connectivity index (χ2v) is 10.9. The van der Waals surface area contributed by atoms with E-state index in [0.29, 0.717) is 63.9 Å². The molecule has 2 aliphatic heterocycles. The van der Waals surface area contributed by atoms with Gasteiger partial charge in [0.2, 0.25) is 11.5 Å². The summed E-state index contributed by atoms with van der Waals surface area (Å²) in [6.45, 7) is 4.32. The molecule has 1 aromatic heterocycles. The van der Waals surface area contributed by atoms with Crippen LogP contribution in [0.25, 0.3) is 16.5 Å². The Hall–Kier alpha value is -4.70. The van der Waals surface area contributed by atoms with Crippen LogP contribution in [0, 0.1) is 12.8 Å². The molecule has 2 atom stereocenters. The van der Waals surface area contributed by atoms with E-state index in [1.807, 2.05) is 0 Å². The molecule has 5 N–H and O–H groups in total. The van der Waals surface area contributed by atoms with Gasteiger partial charge in [0.1, 0.15) is 40.4 Å². The van der Waals surface area contributed by atoms with E-state index in [0.717, 1.165) is 6.42 Å². The van der Waals surface area contributed by atoms with Crippen molar-refractivity contribution in [3.05, 3.63) is 86.2 Å². The molecule has 4 aliphatic rings. The molecule has 212 valence electrons. The maximum absolute atomic E-state index is 12.0. The molecular formula is C31H28O10. The summed E-state index contributed by atoms with van der Waals surface area (Å²) in [6.07, 6.45) is 4.55. The molecule has 2 aromatic carbocycles. The van der Waals surface area contributed by atoms with Crippen LogP contribution in [-0.2, 0) is 22.4 Å². The van der Waals surface area contributed by atoms with Crippen LogP contribution in [0.4, 0.5) is 0 Å². The summed E-state index contributed by atoms with van der Waals surface area (Å²) in [7, 11) is 0. The van der Waals surface area contributed by atoms with Crippen molar-refractivity contribution in [3.8, 4) is 23.0 Å². The molecule has 10 nitrogen and oxygen atoms in total. The zero-order valence-electron chi connectivity index (χ0n) is 22.4. The van der Waals surface area contributed by atoms with Gasteiger partial charge in [0.15, 0.2) is 22.7 Å². The highest BCUT2D eigenvalue weighted by molar-refractivity contribution is 6.06. The van der Waals surface area contributed by atoms with Gasteiger partial charge in [-0.2, -0.15) is 0 Å². The number of hydrogen-bond acceptors (Lipinski definition) is 10. The molecular weight excluding hydrogens is 532 g/mol. The van der Waals surface area contributed by atoms with Crippen molar-refractivity contribution >= 4 is 22.3 Å². The summed E-state index contributed by atoms with van der Waals surface area (Å²) >= 11 is 0. The predicted molar refractivity (Wildman–Crippen MR) is 147 cm³/mol. The summed E-state index contributed by atoms with van der Waals surface area (Å²) in [5, 5.41) is 50.7. The number of ether oxygens (including phenoxy) is 2. The van der Waals surface area contributed by atoms with Crippen molar-refractivity contribution in [1.29, 1.82) is 0 Å². The number of carbonyl (C=O) groups is 1. The number of allylic oxidation sites excluding steroid dienone is 2. The molecule has 0 fully saturated rings. The number of aliphatic hydroxyl groups excluding tert-OH is 1. The third kappa shape index (κ3) is 4.31. The first-order valence-electron chi connectivity index (χ1n) is 13.2. The van der Waals surface area contributed by atoms with Gasteiger partial charge in [-0.15, -0.1) is 0 Å². The molecule has 0 radical (unpaired) electrons. The lowest BCUT2D eigenvalue weighted by Gasteiger charge is -2.33. The quantitative estimate of drug-likeness (QED) is 0.255. The highest BCUT2D eigenvalue weighted by Gasteiger charge is 2.48. The number of hydrogen-bond donors (Lipinski definition) is 5. The minimum Gasteiger partial charge on any atom is -0.507 e. The van der Waals surface area contributed by atoms with E-state index in [2.05, 4.69) is 6.92 Å². The summed E-state index contributed by atoms with van der Waals surface area (Å²) in [6, 6.07) is 5.89. The Balaban J connectivity index is 0.000000149. The Labute approximate surface area is 233 Å². The Bertz CT molecular complexity index is 1790. The number of fused-ring (bicyclic) bond motifs is 6. The van der Waals surface area contributed by atoms with Crippen molar-refractivity contribution in [2.75, 3.05) is 13.2 Å². The first kappa shape index (κ1) is 26.5. The van der Waals surface area contributed by atoms with Crippen LogP contribution in [0.2, 0.25) is 0 Å². The molecule has 2 unspecified atom stereocenters. The number of aliphatic hydroxyl groups is 2. The maximum atomic E-state index is 12.0. The fourth-order valence-electron chi connectivity index (χ4n) is 5.78. The predicted octanol–water partition coefficient (Wildman–Crippen LogP) is 3.85. The zero-order valence-corrected chi connectivity index (χ0v) is 22.4. The average molecular weight is 561 g/mol. The fourth-order valence-corrected chi connectivity index (χ4v) is 5.78. The van der Waals surface area contributed by atoms with Gasteiger partial charge in [-0.3, -0.25) is 9.59 Å². The van der Waals surface area contributed by atoms with Crippen molar-refractivity contribution < 1.29 is 44.2 Å². The van der Waals surface area contributed by atoms with Gasteiger partial charge in [0, 0.05) is 35.3 Å². The second-order valence-electron chi connectivity index (χ2n) is 10.9. The molecule has 0 saturated carbocycles. The SMILES string of the molecule is Cc1cc(=O)c2c(O)c3c(cc2o1)OCC(C)CC3.O=C1C=CC2=C3c4cc(O)c(O)cc4CC3(O)COC2=C1O. The highest BCUT2D eigenvalue weighted by Crippen LogP contribution is 2.50. The number of carbonyl (C=O) groups excluding carboxylic acids is 1. The van der Waals surface area contributed by atoms with Gasteiger partial charge in [-0.25, -0.2) is 0 Å². The Morgan fingerprint density at radius 1 is 0.976 bits per heavy atom. The van der Waals surface area contributed by atoms with Gasteiger partial charge in [-0.1, -0.05) is 6.92 Å². The van der Waals surface area contributed by atoms with E-state index in [1.165, 1.54) is 30.4 Å². The van der Waals surface area contributed by atoms with Crippen LogP contribution in [0.5, 0.6) is 23.0 Å². The monoisotopic (exact) mass is 560 g/mol. The van der Waals surface area contributed by atoms with Crippen molar-refractivity contribution in [2.45, 2.75) is 38.7 Å². The lowest BCUT2D eigenvalue weighted by atomic mass is 9.85. The third-order valence-electron chi connectivity index (χ3n) is 7.83. The number of aromatic hydroxyl groups is 3. The molecule has 3 aromatic rings. The first-order chi connectivity index (χ1) is 19.5. The summed E-state index contributed by atoms with van der Waals surface area (Å²) in [5.41, 5.74) is 1.69. The van der Waals surface area contributed by atoms with Crippen molar-refractivity contribution in [3.63, 3.8) is 0 Å². The largest absolute Gasteiger partial charge is 0.507 e. The molecule has 41 heavy (non-hydrogen) atoms. The smallest absolute Gasteiger partial charge is 0.224 e. The van der Waals surface area contributed by atoms with Crippen LogP contribution in [-0.4, -0.2) is 50.1 Å². The molecule has 2 aliphatic carbocycles. The average Bonchev–Trinajstić information content (AvgIpc) is 3.06. The lowest BCUT2D eigenvalue weighted by Crippen LogP contribution is -2.39. The van der Waals surface area contributed by atoms with E-state index in [4.69, 9.17) is 13.9 Å². The number of aryl methyl sites for hydroxylation is 1. The second kappa shape index (κ2) is 9.45. The van der Waals surface area contributed by atoms with Crippen LogP contribution in [0.3, 0.4) is 0 Å². The van der Waals surface area contributed by atoms with Gasteiger partial charge < -0.3 is 39.4 Å². The Kier molecular flexibility index (Phi) is 6.11. The van der Waals surface area contributed by atoms with E-state index < -0.39 is 17.1 Å². The standard InChI is InChI=1S/C16H12O6.C15H16O4/c17-10-2-1-8-13-9-4-12(19)11(18)3-7(9)5-16(13,21)6-22-15(8)14(10)20;1-8-3-4-10-12(18-7-8)6-13-14(15(10)17)11(16)5-9(2)19-13/h1-4,18-21H,5-6H2;5-6,8,17H,3-4,7H2,1-2H3. The number of phenols is 3. The zero-order chi connectivity index (χ0) is 29.2. The van der Waals surface area contributed by atoms with Gasteiger partial charge >= 0.3 is 0 Å². The highest BCUT2D eigenvalue weighted by atomic mass is 16.5. The summed E-state index contributed by atoms with van der Waals surface area (Å²) in [4.78, 5) is 23.5. The number of rotatable bonds is 0. The Morgan fingerprint density at radius 2 is 1.73 bits per heavy atom. The van der Waals surface area contributed by atoms with Gasteiger partial charge in [0.05, 0.1) is 6.61 Å². The third-order valence-corrected chi connectivity index (χ3v) is 7.83. The fraction of sp³-hybridized carbons (Fsp3) is 0.290. The van der Waals surface area contributed by atoms with Crippen LogP contribution >= 0.6 is 0 Å². The summed E-state index contributed by atoms with van der Waals surface area (Å²) < 4.78 is 16.6. The lowest BCUT2D eigenvalue weighted by molar-refractivity contribution is -0.114. The maximum Gasteiger partial charge on any atom is 0.224 e. The van der Waals surface area contributed by atoms with E-state index in [9.17, 15) is 35.1 Å². The van der Waals surface area contributed by atoms with Gasteiger partial charge in [0.25, 0.3) is 0 Å². The molecule has 0 spiro atoms. The Morgan fingerprint density at radius 3 is 2.51 bits per heavy atom. The number of ketones is 1. The minimum absolute atomic E-state index is 0.00958. The number of phenolic OH excluding ortho intramolecular Hbond substituents is 3. The molecule has 0 saturated heterocycles. The topological polar surface area (TPSA) is 167 Å². The van der Waals surface area contributed by atoms with Crippen LogP contribution < -0.4 is 10.2 Å². The van der Waals surface area contributed by atoms with Crippen LogP contribution in [0.15, 0.2) is 62.7 Å². The minimum atomic E-state index is -1.33. The molecule has 3 heterocycles. The normalized spacial score (nSPS) is 22.5. The van der Waals surface area contributed by atoms with E-state index >= 15 is 0 Å².